The Labute approximate surface area is 109 Å². The lowest BCUT2D eigenvalue weighted by atomic mass is 10.1. The van der Waals surface area contributed by atoms with Crippen LogP contribution in [0.15, 0.2) is 41.3 Å². The van der Waals surface area contributed by atoms with Crippen LogP contribution < -0.4 is 5.56 Å². The summed E-state index contributed by atoms with van der Waals surface area (Å²) < 4.78 is 1.52. The lowest BCUT2D eigenvalue weighted by molar-refractivity contribution is 0.756. The van der Waals surface area contributed by atoms with Crippen LogP contribution in [-0.4, -0.2) is 4.57 Å². The predicted molar refractivity (Wildman–Crippen MR) is 71.0 cm³/mol. The number of pyridine rings is 1. The Kier molecular flexibility index (Phi) is 3.55. The van der Waals surface area contributed by atoms with Crippen LogP contribution in [0.3, 0.4) is 0 Å². The smallest absolute Gasteiger partial charge is 0.269 e. The van der Waals surface area contributed by atoms with Crippen LogP contribution in [0.25, 0.3) is 0 Å². The Morgan fingerprint density at radius 3 is 2.65 bits per heavy atom. The first-order valence-electron chi connectivity index (χ1n) is 5.18. The maximum Gasteiger partial charge on any atom is 0.269 e. The molecule has 0 fully saturated rings. The van der Waals surface area contributed by atoms with E-state index in [9.17, 15) is 4.79 Å². The highest BCUT2D eigenvalue weighted by Crippen LogP contribution is 2.13. The number of nitrogens with zero attached hydrogens (tertiary/aromatic N) is 1. The van der Waals surface area contributed by atoms with E-state index in [1.54, 1.807) is 6.20 Å². The summed E-state index contributed by atoms with van der Waals surface area (Å²) in [7, 11) is 0. The molecule has 0 aliphatic rings. The molecule has 17 heavy (non-hydrogen) atoms. The summed E-state index contributed by atoms with van der Waals surface area (Å²) in [6, 6.07) is 9.36. The van der Waals surface area contributed by atoms with E-state index in [0.29, 0.717) is 11.6 Å². The Morgan fingerprint density at radius 1 is 1.24 bits per heavy atom. The van der Waals surface area contributed by atoms with E-state index in [-0.39, 0.29) is 10.6 Å². The minimum absolute atomic E-state index is 0.145. The number of rotatable bonds is 2. The van der Waals surface area contributed by atoms with E-state index in [0.717, 1.165) is 11.1 Å². The van der Waals surface area contributed by atoms with Gasteiger partial charge in [0.25, 0.3) is 5.56 Å². The quantitative estimate of drug-likeness (QED) is 0.816. The molecular formula is C13H11Cl2NO. The van der Waals surface area contributed by atoms with Gasteiger partial charge in [-0.3, -0.25) is 4.79 Å². The summed E-state index contributed by atoms with van der Waals surface area (Å²) in [4.78, 5) is 11.8. The maximum atomic E-state index is 11.8. The molecule has 0 N–H and O–H groups in total. The molecule has 0 aliphatic carbocycles. The van der Waals surface area contributed by atoms with Gasteiger partial charge in [0.05, 0.1) is 11.6 Å². The number of benzene rings is 1. The fourth-order valence-electron chi connectivity index (χ4n) is 1.65. The summed E-state index contributed by atoms with van der Waals surface area (Å²) in [5, 5.41) is 0.606. The van der Waals surface area contributed by atoms with Crippen molar-refractivity contribution in [3.05, 3.63) is 68.1 Å². The van der Waals surface area contributed by atoms with E-state index in [4.69, 9.17) is 23.2 Å². The van der Waals surface area contributed by atoms with Gasteiger partial charge in [-0.1, -0.05) is 47.5 Å². The predicted octanol–water partition coefficient (Wildman–Crippen LogP) is 3.51. The number of aromatic nitrogens is 1. The summed E-state index contributed by atoms with van der Waals surface area (Å²) in [6.45, 7) is 2.48. The molecule has 2 aromatic rings. The van der Waals surface area contributed by atoms with Gasteiger partial charge < -0.3 is 4.57 Å². The van der Waals surface area contributed by atoms with Crippen LogP contribution in [0, 0.1) is 6.92 Å². The SMILES string of the molecule is Cc1ccccc1Cn1cc(Cl)cc(Cl)c1=O. The van der Waals surface area contributed by atoms with Crippen molar-refractivity contribution in [3.8, 4) is 0 Å². The third-order valence-corrected chi connectivity index (χ3v) is 3.09. The fourth-order valence-corrected chi connectivity index (χ4v) is 2.16. The average Bonchev–Trinajstić information content (AvgIpc) is 2.28. The van der Waals surface area contributed by atoms with Crippen LogP contribution in [0.5, 0.6) is 0 Å². The van der Waals surface area contributed by atoms with Gasteiger partial charge >= 0.3 is 0 Å². The third-order valence-electron chi connectivity index (χ3n) is 2.61. The summed E-state index contributed by atoms with van der Waals surface area (Å²) >= 11 is 11.7. The van der Waals surface area contributed by atoms with Crippen LogP contribution in [0.2, 0.25) is 10.0 Å². The standard InChI is InChI=1S/C13H11Cl2NO/c1-9-4-2-3-5-10(9)7-16-8-11(14)6-12(15)13(16)17/h2-6,8H,7H2,1H3. The van der Waals surface area contributed by atoms with Crippen molar-refractivity contribution >= 4 is 23.2 Å². The second kappa shape index (κ2) is 4.94. The zero-order valence-corrected chi connectivity index (χ0v) is 10.8. The topological polar surface area (TPSA) is 22.0 Å². The lowest BCUT2D eigenvalue weighted by Crippen LogP contribution is -2.20. The number of hydrogen-bond acceptors (Lipinski definition) is 1. The number of aryl methyl sites for hydroxylation is 1. The molecule has 1 heterocycles. The highest BCUT2D eigenvalue weighted by molar-refractivity contribution is 6.34. The van der Waals surface area contributed by atoms with Gasteiger partial charge in [-0.2, -0.15) is 0 Å². The van der Waals surface area contributed by atoms with Crippen LogP contribution in [-0.2, 0) is 6.54 Å². The van der Waals surface area contributed by atoms with Gasteiger partial charge in [0.2, 0.25) is 0 Å². The maximum absolute atomic E-state index is 11.8. The minimum Gasteiger partial charge on any atom is -0.308 e. The molecule has 88 valence electrons. The summed E-state index contributed by atoms with van der Waals surface area (Å²) in [5.74, 6) is 0. The number of halogens is 2. The first-order chi connectivity index (χ1) is 8.08. The largest absolute Gasteiger partial charge is 0.308 e. The van der Waals surface area contributed by atoms with Gasteiger partial charge in [-0.25, -0.2) is 0 Å². The van der Waals surface area contributed by atoms with E-state index >= 15 is 0 Å². The normalized spacial score (nSPS) is 10.5. The molecule has 0 atom stereocenters. The molecule has 0 saturated heterocycles. The highest BCUT2D eigenvalue weighted by Gasteiger charge is 2.05. The molecule has 0 bridgehead atoms. The molecular weight excluding hydrogens is 257 g/mol. The molecule has 4 heteroatoms. The molecule has 0 radical (unpaired) electrons. The Balaban J connectivity index is 2.44. The van der Waals surface area contributed by atoms with E-state index < -0.39 is 0 Å². The number of hydrogen-bond donors (Lipinski definition) is 0. The highest BCUT2D eigenvalue weighted by atomic mass is 35.5. The van der Waals surface area contributed by atoms with Gasteiger partial charge in [0.15, 0.2) is 0 Å². The summed E-state index contributed by atoms with van der Waals surface area (Å²) in [6.07, 6.45) is 1.60. The molecule has 0 amide bonds. The first kappa shape index (κ1) is 12.2. The second-order valence-corrected chi connectivity index (χ2v) is 4.71. The zero-order chi connectivity index (χ0) is 12.4. The molecule has 1 aromatic heterocycles. The monoisotopic (exact) mass is 267 g/mol. The van der Waals surface area contributed by atoms with Crippen LogP contribution in [0.4, 0.5) is 0 Å². The molecule has 0 unspecified atom stereocenters. The average molecular weight is 268 g/mol. The van der Waals surface area contributed by atoms with Gasteiger partial charge in [0, 0.05) is 6.20 Å². The van der Waals surface area contributed by atoms with Crippen molar-refractivity contribution in [2.24, 2.45) is 0 Å². The van der Waals surface area contributed by atoms with Crippen molar-refractivity contribution in [2.75, 3.05) is 0 Å². The van der Waals surface area contributed by atoms with Crippen molar-refractivity contribution in [3.63, 3.8) is 0 Å². The van der Waals surface area contributed by atoms with E-state index in [2.05, 4.69) is 0 Å². The molecule has 1 aromatic carbocycles. The Morgan fingerprint density at radius 2 is 1.94 bits per heavy atom. The van der Waals surface area contributed by atoms with Crippen molar-refractivity contribution < 1.29 is 0 Å². The third kappa shape index (κ3) is 2.71. The Bertz CT molecular complexity index is 605. The zero-order valence-electron chi connectivity index (χ0n) is 9.28. The molecule has 2 nitrogen and oxygen atoms in total. The molecule has 0 spiro atoms. The minimum atomic E-state index is -0.223. The fraction of sp³-hybridized carbons (Fsp3) is 0.154. The van der Waals surface area contributed by atoms with Gasteiger partial charge in [0.1, 0.15) is 5.02 Å². The lowest BCUT2D eigenvalue weighted by Gasteiger charge is -2.09. The molecule has 0 aliphatic heterocycles. The molecule has 2 rings (SSSR count). The van der Waals surface area contributed by atoms with E-state index in [1.807, 2.05) is 31.2 Å². The van der Waals surface area contributed by atoms with Crippen molar-refractivity contribution in [2.45, 2.75) is 13.5 Å². The van der Waals surface area contributed by atoms with Gasteiger partial charge in [-0.05, 0) is 24.1 Å². The van der Waals surface area contributed by atoms with Crippen LogP contribution in [0.1, 0.15) is 11.1 Å². The first-order valence-corrected chi connectivity index (χ1v) is 5.93. The second-order valence-electron chi connectivity index (χ2n) is 3.87. The van der Waals surface area contributed by atoms with Gasteiger partial charge in [-0.15, -0.1) is 0 Å². The van der Waals surface area contributed by atoms with Crippen LogP contribution >= 0.6 is 23.2 Å². The molecule has 0 saturated carbocycles. The van der Waals surface area contributed by atoms with Crippen molar-refractivity contribution in [1.29, 1.82) is 0 Å². The van der Waals surface area contributed by atoms with Crippen molar-refractivity contribution in [1.82, 2.24) is 4.57 Å². The Hall–Kier alpha value is -1.25. The summed E-state index contributed by atoms with van der Waals surface area (Å²) in [5.41, 5.74) is 1.99. The van der Waals surface area contributed by atoms with E-state index in [1.165, 1.54) is 10.6 Å².